The molecular weight excluding hydrogens is 338 g/mol. The van der Waals surface area contributed by atoms with Gasteiger partial charge in [0, 0.05) is 24.3 Å². The first kappa shape index (κ1) is 16.5. The van der Waals surface area contributed by atoms with Gasteiger partial charge in [-0.2, -0.15) is 0 Å². The van der Waals surface area contributed by atoms with Gasteiger partial charge in [0.25, 0.3) is 0 Å². The zero-order valence-corrected chi connectivity index (χ0v) is 14.9. The van der Waals surface area contributed by atoms with Gasteiger partial charge in [0.2, 0.25) is 5.91 Å². The van der Waals surface area contributed by atoms with E-state index in [1.165, 1.54) is 16.9 Å². The molecule has 0 fully saturated rings. The van der Waals surface area contributed by atoms with Gasteiger partial charge >= 0.3 is 0 Å². The molecule has 0 spiro atoms. The van der Waals surface area contributed by atoms with E-state index in [-0.39, 0.29) is 12.5 Å². The van der Waals surface area contributed by atoms with E-state index in [1.54, 1.807) is 12.4 Å². The molecule has 0 atom stereocenters. The lowest BCUT2D eigenvalue weighted by Gasteiger charge is -2.10. The van der Waals surface area contributed by atoms with Crippen molar-refractivity contribution in [1.82, 2.24) is 14.9 Å². The van der Waals surface area contributed by atoms with Crippen molar-refractivity contribution >= 4 is 29.5 Å². The Morgan fingerprint density at radius 3 is 2.62 bits per heavy atom. The Morgan fingerprint density at radius 2 is 1.92 bits per heavy atom. The van der Waals surface area contributed by atoms with Crippen molar-refractivity contribution in [2.45, 2.75) is 20.0 Å². The smallest absolute Gasteiger partial charge is 0.240 e. The van der Waals surface area contributed by atoms with E-state index in [0.29, 0.717) is 10.5 Å². The number of carbonyl (C=O) groups is 1. The highest BCUT2D eigenvalue weighted by Crippen LogP contribution is 2.24. The third-order valence-electron chi connectivity index (χ3n) is 3.67. The number of carbonyl (C=O) groups excluding carboxylic acids is 1. The van der Waals surface area contributed by atoms with Gasteiger partial charge in [-0.3, -0.25) is 9.78 Å². The van der Waals surface area contributed by atoms with Gasteiger partial charge in [0.1, 0.15) is 6.54 Å². The minimum absolute atomic E-state index is 0.0605. The van der Waals surface area contributed by atoms with E-state index in [0.717, 1.165) is 16.8 Å². The summed E-state index contributed by atoms with van der Waals surface area (Å²) in [6.45, 7) is 2.76. The zero-order valence-electron chi connectivity index (χ0n) is 13.2. The van der Waals surface area contributed by atoms with Crippen LogP contribution in [0.15, 0.2) is 54.2 Å². The van der Waals surface area contributed by atoms with E-state index >= 15 is 0 Å². The van der Waals surface area contributed by atoms with Crippen molar-refractivity contribution < 1.29 is 4.79 Å². The summed E-state index contributed by atoms with van der Waals surface area (Å²) in [5.41, 5.74) is 4.26. The van der Waals surface area contributed by atoms with Gasteiger partial charge in [-0.15, -0.1) is 11.3 Å². The number of nitrogens with zero attached hydrogens (tertiary/aromatic N) is 2. The minimum Gasteiger partial charge on any atom is -0.350 e. The lowest BCUT2D eigenvalue weighted by molar-refractivity contribution is -0.121. The van der Waals surface area contributed by atoms with E-state index in [9.17, 15) is 4.79 Å². The van der Waals surface area contributed by atoms with Crippen LogP contribution in [0.2, 0.25) is 0 Å². The highest BCUT2D eigenvalue weighted by atomic mass is 32.1. The van der Waals surface area contributed by atoms with Crippen LogP contribution in [0.1, 0.15) is 11.1 Å². The highest BCUT2D eigenvalue weighted by Gasteiger charge is 2.11. The van der Waals surface area contributed by atoms with Crippen molar-refractivity contribution in [3.8, 4) is 11.3 Å². The number of aromatic nitrogens is 2. The summed E-state index contributed by atoms with van der Waals surface area (Å²) >= 11 is 6.86. The number of hydrogen-bond acceptors (Lipinski definition) is 4. The Kier molecular flexibility index (Phi) is 5.17. The molecule has 0 aliphatic heterocycles. The quantitative estimate of drug-likeness (QED) is 0.705. The van der Waals surface area contributed by atoms with Crippen LogP contribution >= 0.6 is 23.6 Å². The molecule has 0 saturated carbocycles. The van der Waals surface area contributed by atoms with Crippen LogP contribution in [-0.4, -0.2) is 15.5 Å². The molecule has 4 nitrogen and oxygen atoms in total. The van der Waals surface area contributed by atoms with Crippen LogP contribution in [0, 0.1) is 10.9 Å². The Hall–Kier alpha value is -2.31. The molecule has 6 heteroatoms. The fraction of sp³-hybridized carbons (Fsp3) is 0.167. The predicted molar refractivity (Wildman–Crippen MR) is 99.4 cm³/mol. The maximum absolute atomic E-state index is 12.3. The molecule has 3 rings (SSSR count). The molecule has 1 amide bonds. The van der Waals surface area contributed by atoms with E-state index in [4.69, 9.17) is 12.2 Å². The number of pyridine rings is 1. The number of thiazole rings is 1. The first-order valence-corrected chi connectivity index (χ1v) is 8.83. The second-order valence-electron chi connectivity index (χ2n) is 5.47. The van der Waals surface area contributed by atoms with Crippen LogP contribution in [0.5, 0.6) is 0 Å². The van der Waals surface area contributed by atoms with E-state index < -0.39 is 0 Å². The lowest BCUT2D eigenvalue weighted by Crippen LogP contribution is -2.27. The monoisotopic (exact) mass is 355 g/mol. The van der Waals surface area contributed by atoms with Crippen LogP contribution in [0.25, 0.3) is 11.3 Å². The van der Waals surface area contributed by atoms with Crippen molar-refractivity contribution in [3.63, 3.8) is 0 Å². The Bertz CT molecular complexity index is 883. The molecule has 0 bridgehead atoms. The average molecular weight is 355 g/mol. The fourth-order valence-electron chi connectivity index (χ4n) is 2.33. The SMILES string of the molecule is Cc1ccc(-c2csc(=S)n2CC(=O)NCc2ccncc2)cc1. The van der Waals surface area contributed by atoms with Gasteiger partial charge in [-0.1, -0.05) is 29.8 Å². The Morgan fingerprint density at radius 1 is 1.21 bits per heavy atom. The summed E-state index contributed by atoms with van der Waals surface area (Å²) in [7, 11) is 0. The summed E-state index contributed by atoms with van der Waals surface area (Å²) < 4.78 is 2.58. The Balaban J connectivity index is 1.73. The third kappa shape index (κ3) is 3.96. The van der Waals surface area contributed by atoms with Crippen LogP contribution < -0.4 is 5.32 Å². The molecule has 0 unspecified atom stereocenters. The molecule has 122 valence electrons. The van der Waals surface area contributed by atoms with Crippen molar-refractivity contribution in [2.24, 2.45) is 0 Å². The number of rotatable bonds is 5. The van der Waals surface area contributed by atoms with Gasteiger partial charge in [0.05, 0.1) is 5.69 Å². The molecule has 1 N–H and O–H groups in total. The first-order valence-electron chi connectivity index (χ1n) is 7.54. The van der Waals surface area contributed by atoms with Gasteiger partial charge in [0.15, 0.2) is 3.95 Å². The number of aryl methyl sites for hydroxylation is 1. The second kappa shape index (κ2) is 7.51. The maximum Gasteiger partial charge on any atom is 0.240 e. The summed E-state index contributed by atoms with van der Waals surface area (Å²) in [4.78, 5) is 16.3. The predicted octanol–water partition coefficient (Wildman–Crippen LogP) is 3.97. The molecule has 0 saturated heterocycles. The molecule has 0 aliphatic rings. The van der Waals surface area contributed by atoms with Gasteiger partial charge in [-0.05, 0) is 42.4 Å². The third-order valence-corrected chi connectivity index (χ3v) is 4.94. The molecule has 2 heterocycles. The number of benzene rings is 1. The molecule has 0 aliphatic carbocycles. The standard InChI is InChI=1S/C18H17N3OS2/c1-13-2-4-15(5-3-13)16-12-24-18(23)21(16)11-17(22)20-10-14-6-8-19-9-7-14/h2-9,12H,10-11H2,1H3,(H,20,22). The van der Waals surface area contributed by atoms with Crippen molar-refractivity contribution in [1.29, 1.82) is 0 Å². The molecule has 1 aromatic carbocycles. The van der Waals surface area contributed by atoms with E-state index in [2.05, 4.69) is 41.5 Å². The minimum atomic E-state index is -0.0605. The van der Waals surface area contributed by atoms with Crippen LogP contribution in [0.4, 0.5) is 0 Å². The largest absolute Gasteiger partial charge is 0.350 e. The van der Waals surface area contributed by atoms with Crippen molar-refractivity contribution in [2.75, 3.05) is 0 Å². The number of hydrogen-bond donors (Lipinski definition) is 1. The summed E-state index contributed by atoms with van der Waals surface area (Å²) in [5, 5.41) is 4.93. The molecular formula is C18H17N3OS2. The maximum atomic E-state index is 12.3. The molecule has 0 radical (unpaired) electrons. The molecule has 3 aromatic rings. The first-order chi connectivity index (χ1) is 11.6. The normalized spacial score (nSPS) is 10.5. The molecule has 24 heavy (non-hydrogen) atoms. The molecule has 2 aromatic heterocycles. The van der Waals surface area contributed by atoms with Crippen molar-refractivity contribution in [3.05, 3.63) is 69.3 Å². The lowest BCUT2D eigenvalue weighted by atomic mass is 10.1. The topological polar surface area (TPSA) is 46.9 Å². The summed E-state index contributed by atoms with van der Waals surface area (Å²) in [6.07, 6.45) is 3.43. The highest BCUT2D eigenvalue weighted by molar-refractivity contribution is 7.73. The van der Waals surface area contributed by atoms with Gasteiger partial charge in [-0.25, -0.2) is 0 Å². The number of nitrogens with one attached hydrogen (secondary N) is 1. The Labute approximate surface area is 149 Å². The second-order valence-corrected chi connectivity index (χ2v) is 6.97. The fourth-order valence-corrected chi connectivity index (χ4v) is 3.40. The average Bonchev–Trinajstić information content (AvgIpc) is 2.95. The summed E-state index contributed by atoms with van der Waals surface area (Å²) in [5.74, 6) is -0.0605. The van der Waals surface area contributed by atoms with E-state index in [1.807, 2.05) is 22.1 Å². The van der Waals surface area contributed by atoms with Gasteiger partial charge < -0.3 is 9.88 Å². The van der Waals surface area contributed by atoms with Crippen LogP contribution in [0.3, 0.4) is 0 Å². The van der Waals surface area contributed by atoms with Crippen LogP contribution in [-0.2, 0) is 17.9 Å². The number of amides is 1. The zero-order chi connectivity index (χ0) is 16.9. The summed E-state index contributed by atoms with van der Waals surface area (Å²) in [6, 6.07) is 12.0.